The van der Waals surface area contributed by atoms with Gasteiger partial charge in [-0.2, -0.15) is 0 Å². The molecule has 2 fully saturated rings. The zero-order valence-corrected chi connectivity index (χ0v) is 17.2. The minimum atomic E-state index is 0.0932. The third-order valence-electron chi connectivity index (χ3n) is 6.14. The van der Waals surface area contributed by atoms with Gasteiger partial charge in [0.25, 0.3) is 0 Å². The Morgan fingerprint density at radius 1 is 1.28 bits per heavy atom. The molecule has 0 aromatic carbocycles. The van der Waals surface area contributed by atoms with Crippen molar-refractivity contribution in [2.75, 3.05) is 26.2 Å². The van der Waals surface area contributed by atoms with Crippen LogP contribution in [0.5, 0.6) is 0 Å². The Morgan fingerprint density at radius 3 is 2.86 bits per heavy atom. The van der Waals surface area contributed by atoms with E-state index in [1.54, 1.807) is 12.4 Å². The van der Waals surface area contributed by atoms with E-state index in [0.29, 0.717) is 12.6 Å². The molecule has 1 amide bonds. The van der Waals surface area contributed by atoms with Crippen LogP contribution in [0.2, 0.25) is 0 Å². The number of amides is 1. The molecule has 2 aliphatic rings. The number of likely N-dealkylation sites (tertiary alicyclic amines) is 2. The van der Waals surface area contributed by atoms with E-state index in [-0.39, 0.29) is 11.8 Å². The van der Waals surface area contributed by atoms with Crippen molar-refractivity contribution in [1.29, 1.82) is 0 Å². The molecule has 156 valence electrons. The monoisotopic (exact) mass is 397 g/mol. The number of aromatic nitrogens is 2. The predicted molar refractivity (Wildman–Crippen MR) is 110 cm³/mol. The average Bonchev–Trinajstić information content (AvgIpc) is 3.18. The molecule has 0 bridgehead atoms. The van der Waals surface area contributed by atoms with Gasteiger partial charge >= 0.3 is 0 Å². The molecule has 2 aromatic heterocycles. The molecule has 7 nitrogen and oxygen atoms in total. The van der Waals surface area contributed by atoms with Crippen LogP contribution in [0, 0.1) is 12.8 Å². The normalized spacial score (nSPS) is 21.9. The molecule has 1 atom stereocenters. The summed E-state index contributed by atoms with van der Waals surface area (Å²) in [4.78, 5) is 21.8. The van der Waals surface area contributed by atoms with E-state index in [0.717, 1.165) is 75.4 Å². The summed E-state index contributed by atoms with van der Waals surface area (Å²) in [5.74, 6) is 1.22. The molecule has 0 unspecified atom stereocenters. The maximum absolute atomic E-state index is 12.7. The molecule has 2 saturated heterocycles. The number of piperidine rings is 2. The van der Waals surface area contributed by atoms with Gasteiger partial charge in [0.05, 0.1) is 18.2 Å². The Balaban J connectivity index is 1.23. The van der Waals surface area contributed by atoms with Crippen molar-refractivity contribution < 1.29 is 9.32 Å². The second-order valence-electron chi connectivity index (χ2n) is 8.36. The number of hydrogen-bond acceptors (Lipinski definition) is 6. The van der Waals surface area contributed by atoms with Crippen LogP contribution in [0.15, 0.2) is 35.1 Å². The summed E-state index contributed by atoms with van der Waals surface area (Å²) >= 11 is 0. The van der Waals surface area contributed by atoms with Crippen molar-refractivity contribution in [1.82, 2.24) is 25.3 Å². The molecule has 2 aromatic rings. The standard InChI is InChI=1S/C22H31N5O2/c1-17-12-21(29-25-17)16-26-10-6-20(7-11-26)27-9-3-5-19(15-27)22(28)24-14-18-4-2-8-23-13-18/h2,4,8,12-13,19-20H,3,5-7,9-11,14-16H2,1H3,(H,24,28)/t19-/m1/s1. The van der Waals surface area contributed by atoms with Crippen molar-refractivity contribution in [3.05, 3.63) is 47.6 Å². The van der Waals surface area contributed by atoms with Gasteiger partial charge in [0.1, 0.15) is 0 Å². The Kier molecular flexibility index (Phi) is 6.56. The van der Waals surface area contributed by atoms with Crippen molar-refractivity contribution in [3.63, 3.8) is 0 Å². The number of carbonyl (C=O) groups is 1. The molecule has 4 rings (SSSR count). The zero-order chi connectivity index (χ0) is 20.1. The van der Waals surface area contributed by atoms with Gasteiger partial charge in [0, 0.05) is 50.7 Å². The Labute approximate surface area is 172 Å². The van der Waals surface area contributed by atoms with Crippen LogP contribution >= 0.6 is 0 Å². The Bertz CT molecular complexity index is 786. The summed E-state index contributed by atoms with van der Waals surface area (Å²) < 4.78 is 5.36. The molecule has 0 radical (unpaired) electrons. The van der Waals surface area contributed by atoms with E-state index >= 15 is 0 Å². The maximum Gasteiger partial charge on any atom is 0.224 e. The van der Waals surface area contributed by atoms with Crippen LogP contribution in [-0.4, -0.2) is 58.1 Å². The highest BCUT2D eigenvalue weighted by molar-refractivity contribution is 5.78. The summed E-state index contributed by atoms with van der Waals surface area (Å²) in [5.41, 5.74) is 1.99. The SMILES string of the molecule is Cc1cc(CN2CCC(N3CCC[C@@H](C(=O)NCc4cccnc4)C3)CC2)on1. The van der Waals surface area contributed by atoms with E-state index in [4.69, 9.17) is 4.52 Å². The summed E-state index contributed by atoms with van der Waals surface area (Å²) in [5, 5.41) is 7.08. The summed E-state index contributed by atoms with van der Waals surface area (Å²) in [6.45, 7) is 7.48. The fourth-order valence-electron chi connectivity index (χ4n) is 4.54. The second-order valence-corrected chi connectivity index (χ2v) is 8.36. The number of nitrogens with zero attached hydrogens (tertiary/aromatic N) is 4. The molecule has 0 saturated carbocycles. The van der Waals surface area contributed by atoms with E-state index < -0.39 is 0 Å². The highest BCUT2D eigenvalue weighted by atomic mass is 16.5. The number of rotatable bonds is 6. The van der Waals surface area contributed by atoms with Crippen LogP contribution in [0.25, 0.3) is 0 Å². The number of pyridine rings is 1. The van der Waals surface area contributed by atoms with E-state index in [1.807, 2.05) is 25.1 Å². The van der Waals surface area contributed by atoms with Gasteiger partial charge in [0.2, 0.25) is 5.91 Å². The lowest BCUT2D eigenvalue weighted by Gasteiger charge is -2.41. The lowest BCUT2D eigenvalue weighted by atomic mass is 9.93. The maximum atomic E-state index is 12.7. The molecule has 0 aliphatic carbocycles. The number of nitrogens with one attached hydrogen (secondary N) is 1. The first-order chi connectivity index (χ1) is 14.2. The van der Waals surface area contributed by atoms with Gasteiger partial charge in [-0.1, -0.05) is 11.2 Å². The highest BCUT2D eigenvalue weighted by Crippen LogP contribution is 2.25. The van der Waals surface area contributed by atoms with E-state index in [2.05, 4.69) is 25.3 Å². The third kappa shape index (κ3) is 5.42. The largest absolute Gasteiger partial charge is 0.360 e. The van der Waals surface area contributed by atoms with Crippen molar-refractivity contribution >= 4 is 5.91 Å². The Hall–Kier alpha value is -2.25. The molecular formula is C22H31N5O2. The average molecular weight is 398 g/mol. The van der Waals surface area contributed by atoms with Gasteiger partial charge in [-0.05, 0) is 50.8 Å². The lowest BCUT2D eigenvalue weighted by molar-refractivity contribution is -0.127. The fourth-order valence-corrected chi connectivity index (χ4v) is 4.54. The molecule has 29 heavy (non-hydrogen) atoms. The third-order valence-corrected chi connectivity index (χ3v) is 6.14. The smallest absolute Gasteiger partial charge is 0.224 e. The first kappa shape index (κ1) is 20.0. The molecule has 7 heteroatoms. The Morgan fingerprint density at radius 2 is 2.14 bits per heavy atom. The molecule has 4 heterocycles. The number of carbonyl (C=O) groups excluding carboxylic acids is 1. The van der Waals surface area contributed by atoms with Crippen LogP contribution in [0.1, 0.15) is 42.7 Å². The quantitative estimate of drug-likeness (QED) is 0.807. The molecule has 2 aliphatic heterocycles. The summed E-state index contributed by atoms with van der Waals surface area (Å²) in [7, 11) is 0. The molecule has 1 N–H and O–H groups in total. The topological polar surface area (TPSA) is 74.5 Å². The van der Waals surface area contributed by atoms with Crippen molar-refractivity contribution in [3.8, 4) is 0 Å². The van der Waals surface area contributed by atoms with Gasteiger partial charge in [-0.15, -0.1) is 0 Å². The minimum absolute atomic E-state index is 0.0932. The number of aryl methyl sites for hydroxylation is 1. The zero-order valence-electron chi connectivity index (χ0n) is 17.2. The van der Waals surface area contributed by atoms with Crippen LogP contribution in [-0.2, 0) is 17.9 Å². The predicted octanol–water partition coefficient (Wildman–Crippen LogP) is 2.37. The fraction of sp³-hybridized carbons (Fsp3) is 0.591. The van der Waals surface area contributed by atoms with Crippen LogP contribution in [0.3, 0.4) is 0 Å². The molecule has 0 spiro atoms. The van der Waals surface area contributed by atoms with Gasteiger partial charge < -0.3 is 9.84 Å². The van der Waals surface area contributed by atoms with Crippen molar-refractivity contribution in [2.24, 2.45) is 5.92 Å². The van der Waals surface area contributed by atoms with Crippen LogP contribution < -0.4 is 5.32 Å². The minimum Gasteiger partial charge on any atom is -0.360 e. The van der Waals surface area contributed by atoms with Gasteiger partial charge in [0.15, 0.2) is 5.76 Å². The second kappa shape index (κ2) is 9.50. The van der Waals surface area contributed by atoms with E-state index in [1.165, 1.54) is 0 Å². The van der Waals surface area contributed by atoms with Gasteiger partial charge in [-0.25, -0.2) is 0 Å². The van der Waals surface area contributed by atoms with Crippen molar-refractivity contribution in [2.45, 2.75) is 51.7 Å². The highest BCUT2D eigenvalue weighted by Gasteiger charge is 2.31. The first-order valence-corrected chi connectivity index (χ1v) is 10.7. The summed E-state index contributed by atoms with van der Waals surface area (Å²) in [6.07, 6.45) is 7.94. The van der Waals surface area contributed by atoms with E-state index in [9.17, 15) is 4.79 Å². The summed E-state index contributed by atoms with van der Waals surface area (Å²) in [6, 6.07) is 6.50. The van der Waals surface area contributed by atoms with Crippen LogP contribution in [0.4, 0.5) is 0 Å². The lowest BCUT2D eigenvalue weighted by Crippen LogP contribution is -2.50. The first-order valence-electron chi connectivity index (χ1n) is 10.7. The number of hydrogen-bond donors (Lipinski definition) is 1. The van der Waals surface area contributed by atoms with Gasteiger partial charge in [-0.3, -0.25) is 19.6 Å². The molecular weight excluding hydrogens is 366 g/mol.